The van der Waals surface area contributed by atoms with Crippen molar-refractivity contribution in [2.75, 3.05) is 4.72 Å². The minimum atomic E-state index is -3.74. The first kappa shape index (κ1) is 18.4. The van der Waals surface area contributed by atoms with E-state index < -0.39 is 10.0 Å². The van der Waals surface area contributed by atoms with E-state index in [-0.39, 0.29) is 10.8 Å². The number of halogens is 1. The highest BCUT2D eigenvalue weighted by molar-refractivity contribution is 7.92. The van der Waals surface area contributed by atoms with Crippen LogP contribution < -0.4 is 10.0 Å². The summed E-state index contributed by atoms with van der Waals surface area (Å²) in [5.41, 5.74) is 1.83. The predicted molar refractivity (Wildman–Crippen MR) is 104 cm³/mol. The van der Waals surface area contributed by atoms with Crippen molar-refractivity contribution in [1.29, 1.82) is 0 Å². The van der Waals surface area contributed by atoms with Crippen molar-refractivity contribution < 1.29 is 13.2 Å². The van der Waals surface area contributed by atoms with E-state index in [4.69, 9.17) is 11.6 Å². The summed E-state index contributed by atoms with van der Waals surface area (Å²) in [6.45, 7) is 0.431. The Morgan fingerprint density at radius 3 is 2.31 bits per heavy atom. The van der Waals surface area contributed by atoms with E-state index in [9.17, 15) is 13.2 Å². The van der Waals surface area contributed by atoms with Crippen molar-refractivity contribution >= 4 is 44.6 Å². The highest BCUT2D eigenvalue weighted by atomic mass is 35.5. The molecule has 8 heteroatoms. The van der Waals surface area contributed by atoms with E-state index in [1.54, 1.807) is 35.6 Å². The molecule has 0 atom stereocenters. The van der Waals surface area contributed by atoms with Crippen LogP contribution in [0.4, 0.5) is 5.69 Å². The maximum atomic E-state index is 12.4. The fourth-order valence-corrected chi connectivity index (χ4v) is 4.05. The number of thiophene rings is 1. The second-order valence-electron chi connectivity index (χ2n) is 5.45. The van der Waals surface area contributed by atoms with Crippen LogP contribution in [0.2, 0.25) is 5.02 Å². The van der Waals surface area contributed by atoms with Crippen molar-refractivity contribution in [2.24, 2.45) is 0 Å². The normalized spacial score (nSPS) is 11.1. The van der Waals surface area contributed by atoms with Crippen LogP contribution in [0.5, 0.6) is 0 Å². The number of anilines is 1. The quantitative estimate of drug-likeness (QED) is 0.646. The fourth-order valence-electron chi connectivity index (χ4n) is 2.20. The number of carbonyl (C=O) groups is 1. The Kier molecular flexibility index (Phi) is 5.61. The molecule has 0 saturated carbocycles. The van der Waals surface area contributed by atoms with Crippen molar-refractivity contribution in [3.63, 3.8) is 0 Å². The van der Waals surface area contributed by atoms with Gasteiger partial charge in [0, 0.05) is 22.8 Å². The average molecular weight is 407 g/mol. The Hall–Kier alpha value is -2.35. The van der Waals surface area contributed by atoms with Gasteiger partial charge >= 0.3 is 0 Å². The van der Waals surface area contributed by atoms with Crippen LogP contribution in [0.1, 0.15) is 15.9 Å². The molecule has 0 spiro atoms. The largest absolute Gasteiger partial charge is 0.348 e. The van der Waals surface area contributed by atoms with E-state index in [0.717, 1.165) is 5.56 Å². The zero-order valence-corrected chi connectivity index (χ0v) is 15.9. The van der Waals surface area contributed by atoms with E-state index in [1.807, 2.05) is 16.8 Å². The minimum absolute atomic E-state index is 0.0711. The molecule has 1 heterocycles. The van der Waals surface area contributed by atoms with Crippen LogP contribution in [0.15, 0.2) is 70.3 Å². The summed E-state index contributed by atoms with van der Waals surface area (Å²) >= 11 is 7.35. The molecule has 1 aromatic heterocycles. The number of hydrogen-bond donors (Lipinski definition) is 2. The van der Waals surface area contributed by atoms with Gasteiger partial charge in [0.05, 0.1) is 4.90 Å². The molecule has 134 valence electrons. The standard InChI is InChI=1S/C18H15ClN2O3S2/c19-15-3-5-16(6-4-15)21-26(23,24)17-7-1-14(2-8-17)18(22)20-11-13-9-10-25-12-13/h1-10,12,21H,11H2,(H,20,22). The molecule has 3 aromatic rings. The van der Waals surface area contributed by atoms with Gasteiger partial charge in [-0.05, 0) is 70.9 Å². The van der Waals surface area contributed by atoms with Crippen molar-refractivity contribution in [2.45, 2.75) is 11.4 Å². The third-order valence-electron chi connectivity index (χ3n) is 3.56. The number of hydrogen-bond acceptors (Lipinski definition) is 4. The van der Waals surface area contributed by atoms with Gasteiger partial charge in [0.25, 0.3) is 15.9 Å². The topological polar surface area (TPSA) is 75.3 Å². The molecular formula is C18H15ClN2O3S2. The molecular weight excluding hydrogens is 392 g/mol. The third kappa shape index (κ3) is 4.63. The predicted octanol–water partition coefficient (Wildman–Crippen LogP) is 4.13. The molecule has 0 bridgehead atoms. The Morgan fingerprint density at radius 1 is 1.00 bits per heavy atom. The first-order chi connectivity index (χ1) is 12.4. The summed E-state index contributed by atoms with van der Waals surface area (Å²) in [5.74, 6) is -0.259. The van der Waals surface area contributed by atoms with Gasteiger partial charge in [-0.25, -0.2) is 8.42 Å². The van der Waals surface area contributed by atoms with E-state index in [1.165, 1.54) is 24.3 Å². The monoisotopic (exact) mass is 406 g/mol. The van der Waals surface area contributed by atoms with Crippen LogP contribution >= 0.6 is 22.9 Å². The Balaban J connectivity index is 1.67. The molecule has 0 aliphatic rings. The molecule has 0 aliphatic carbocycles. The fraction of sp³-hybridized carbons (Fsp3) is 0.0556. The lowest BCUT2D eigenvalue weighted by Crippen LogP contribution is -2.22. The molecule has 0 aliphatic heterocycles. The molecule has 0 unspecified atom stereocenters. The first-order valence-electron chi connectivity index (χ1n) is 7.62. The molecule has 0 radical (unpaired) electrons. The lowest BCUT2D eigenvalue weighted by Gasteiger charge is -2.09. The Bertz CT molecular complexity index is 984. The van der Waals surface area contributed by atoms with Crippen molar-refractivity contribution in [3.05, 3.63) is 81.5 Å². The van der Waals surface area contributed by atoms with Crippen LogP contribution in [-0.4, -0.2) is 14.3 Å². The van der Waals surface area contributed by atoms with Crippen LogP contribution in [0.3, 0.4) is 0 Å². The van der Waals surface area contributed by atoms with Crippen LogP contribution in [0.25, 0.3) is 0 Å². The number of amides is 1. The van der Waals surface area contributed by atoms with Gasteiger partial charge in [-0.2, -0.15) is 11.3 Å². The minimum Gasteiger partial charge on any atom is -0.348 e. The van der Waals surface area contributed by atoms with Crippen molar-refractivity contribution in [3.8, 4) is 0 Å². The Morgan fingerprint density at radius 2 is 1.69 bits per heavy atom. The van der Waals surface area contributed by atoms with E-state index in [2.05, 4.69) is 10.0 Å². The molecule has 26 heavy (non-hydrogen) atoms. The van der Waals surface area contributed by atoms with Crippen molar-refractivity contribution in [1.82, 2.24) is 5.32 Å². The number of carbonyl (C=O) groups excluding carboxylic acids is 1. The van der Waals surface area contributed by atoms with Gasteiger partial charge in [0.2, 0.25) is 0 Å². The van der Waals surface area contributed by atoms with Crippen LogP contribution in [0, 0.1) is 0 Å². The van der Waals surface area contributed by atoms with Gasteiger partial charge in [-0.15, -0.1) is 0 Å². The zero-order valence-electron chi connectivity index (χ0n) is 13.5. The number of sulfonamides is 1. The Labute approximate surface area is 160 Å². The molecule has 0 fully saturated rings. The lowest BCUT2D eigenvalue weighted by molar-refractivity contribution is 0.0951. The molecule has 3 rings (SSSR count). The molecule has 1 amide bonds. The highest BCUT2D eigenvalue weighted by Crippen LogP contribution is 2.19. The number of nitrogens with one attached hydrogen (secondary N) is 2. The maximum Gasteiger partial charge on any atom is 0.261 e. The molecule has 2 aromatic carbocycles. The summed E-state index contributed by atoms with van der Waals surface area (Å²) in [4.78, 5) is 12.2. The number of rotatable bonds is 6. The van der Waals surface area contributed by atoms with E-state index in [0.29, 0.717) is 22.8 Å². The maximum absolute atomic E-state index is 12.4. The molecule has 0 saturated heterocycles. The zero-order chi connectivity index (χ0) is 18.6. The molecule has 2 N–H and O–H groups in total. The van der Waals surface area contributed by atoms with E-state index >= 15 is 0 Å². The third-order valence-corrected chi connectivity index (χ3v) is 5.94. The SMILES string of the molecule is O=C(NCc1ccsc1)c1ccc(S(=O)(=O)Nc2ccc(Cl)cc2)cc1. The summed E-state index contributed by atoms with van der Waals surface area (Å²) < 4.78 is 27.3. The second-order valence-corrected chi connectivity index (χ2v) is 8.35. The van der Waals surface area contributed by atoms with Gasteiger partial charge < -0.3 is 5.32 Å². The summed E-state index contributed by atoms with van der Waals surface area (Å²) in [7, 11) is -3.74. The smallest absolute Gasteiger partial charge is 0.261 e. The van der Waals surface area contributed by atoms with Gasteiger partial charge in [-0.3, -0.25) is 9.52 Å². The lowest BCUT2D eigenvalue weighted by atomic mass is 10.2. The first-order valence-corrected chi connectivity index (χ1v) is 10.4. The summed E-state index contributed by atoms with van der Waals surface area (Å²) in [6, 6.07) is 14.1. The van der Waals surface area contributed by atoms with Gasteiger partial charge in [0.15, 0.2) is 0 Å². The summed E-state index contributed by atoms with van der Waals surface area (Å²) in [6.07, 6.45) is 0. The van der Waals surface area contributed by atoms with Gasteiger partial charge in [0.1, 0.15) is 0 Å². The summed E-state index contributed by atoms with van der Waals surface area (Å²) in [5, 5.41) is 7.21. The molecule has 5 nitrogen and oxygen atoms in total. The average Bonchev–Trinajstić information content (AvgIpc) is 3.15. The highest BCUT2D eigenvalue weighted by Gasteiger charge is 2.15. The number of benzene rings is 2. The van der Waals surface area contributed by atoms with Gasteiger partial charge in [-0.1, -0.05) is 11.6 Å². The van der Waals surface area contributed by atoms with Crippen LogP contribution in [-0.2, 0) is 16.6 Å². The second kappa shape index (κ2) is 7.90.